The average molecular weight is 587 g/mol. The van der Waals surface area contributed by atoms with Gasteiger partial charge < -0.3 is 5.32 Å². The van der Waals surface area contributed by atoms with Gasteiger partial charge >= 0.3 is 0 Å². The molecular formula is C27H22ClF3N6O2S. The Labute approximate surface area is 237 Å². The number of hydrogen-bond acceptors (Lipinski definition) is 7. The van der Waals surface area contributed by atoms with Gasteiger partial charge in [-0.15, -0.1) is 0 Å². The van der Waals surface area contributed by atoms with Crippen LogP contribution in [0, 0.1) is 17.1 Å². The third-order valence-corrected chi connectivity index (χ3v) is 8.12. The first-order valence-corrected chi connectivity index (χ1v) is 13.6. The summed E-state index contributed by atoms with van der Waals surface area (Å²) in [6.07, 6.45) is 2.96. The van der Waals surface area contributed by atoms with Crippen LogP contribution >= 0.6 is 23.5 Å². The molecule has 0 bridgehead atoms. The summed E-state index contributed by atoms with van der Waals surface area (Å²) in [5.74, 6) is -4.05. The lowest BCUT2D eigenvalue weighted by atomic mass is 9.87. The van der Waals surface area contributed by atoms with Crippen molar-refractivity contribution < 1.29 is 22.8 Å². The molecule has 1 aliphatic heterocycles. The molecule has 5 rings (SSSR count). The second-order valence-corrected chi connectivity index (χ2v) is 10.9. The van der Waals surface area contributed by atoms with E-state index in [9.17, 15) is 28.0 Å². The van der Waals surface area contributed by atoms with Gasteiger partial charge in [-0.3, -0.25) is 23.8 Å². The summed E-state index contributed by atoms with van der Waals surface area (Å²) in [6, 6.07) is 9.46. The summed E-state index contributed by atoms with van der Waals surface area (Å²) in [5, 5.41) is 12.1. The minimum atomic E-state index is -2.88. The maximum absolute atomic E-state index is 14.4. The molecule has 1 aromatic carbocycles. The van der Waals surface area contributed by atoms with Gasteiger partial charge in [-0.1, -0.05) is 29.8 Å². The van der Waals surface area contributed by atoms with E-state index in [1.807, 2.05) is 6.07 Å². The number of amides is 2. The van der Waals surface area contributed by atoms with Gasteiger partial charge in [0.25, 0.3) is 11.8 Å². The number of pyridine rings is 2. The first kappa shape index (κ1) is 27.7. The van der Waals surface area contributed by atoms with Gasteiger partial charge in [0.05, 0.1) is 29.7 Å². The third kappa shape index (κ3) is 5.71. The molecule has 2 atom stereocenters. The second kappa shape index (κ2) is 11.3. The number of anilines is 2. The highest BCUT2D eigenvalue weighted by Gasteiger charge is 2.48. The van der Waals surface area contributed by atoms with E-state index in [1.165, 1.54) is 36.5 Å². The molecule has 2 fully saturated rings. The van der Waals surface area contributed by atoms with E-state index in [-0.39, 0.29) is 16.3 Å². The van der Waals surface area contributed by atoms with Crippen molar-refractivity contribution >= 4 is 46.9 Å². The van der Waals surface area contributed by atoms with Gasteiger partial charge in [-0.05, 0) is 36.6 Å². The molecule has 1 saturated carbocycles. The summed E-state index contributed by atoms with van der Waals surface area (Å²) in [5.41, 5.74) is 0.562. The van der Waals surface area contributed by atoms with Gasteiger partial charge in [0.1, 0.15) is 23.7 Å². The number of carbonyl (C=O) groups is 2. The number of nitrogens with one attached hydrogen (secondary N) is 1. The molecule has 13 heteroatoms. The Bertz CT molecular complexity index is 1480. The highest BCUT2D eigenvalue weighted by atomic mass is 35.5. The highest BCUT2D eigenvalue weighted by Crippen LogP contribution is 2.40. The maximum Gasteiger partial charge on any atom is 0.252 e. The number of nitriles is 1. The number of rotatable bonds is 7. The Kier molecular flexibility index (Phi) is 7.87. The van der Waals surface area contributed by atoms with E-state index in [1.54, 1.807) is 28.6 Å². The molecule has 1 saturated heterocycles. The number of hydrogen-bond donors (Lipinski definition) is 1. The fraction of sp³-hybridized carbons (Fsp3) is 0.296. The predicted octanol–water partition coefficient (Wildman–Crippen LogP) is 5.06. The van der Waals surface area contributed by atoms with Crippen LogP contribution in [0.15, 0.2) is 61.1 Å². The van der Waals surface area contributed by atoms with Gasteiger partial charge in [-0.25, -0.2) is 18.2 Å². The average Bonchev–Trinajstić information content (AvgIpc) is 3.41. The van der Waals surface area contributed by atoms with Crippen LogP contribution in [0.2, 0.25) is 5.02 Å². The fourth-order valence-corrected chi connectivity index (χ4v) is 6.13. The first-order valence-electron chi connectivity index (χ1n) is 12.3. The molecule has 0 spiro atoms. The van der Waals surface area contributed by atoms with Crippen molar-refractivity contribution in [2.75, 3.05) is 15.0 Å². The smallest absolute Gasteiger partial charge is 0.252 e. The van der Waals surface area contributed by atoms with E-state index in [0.717, 1.165) is 17.2 Å². The van der Waals surface area contributed by atoms with Crippen LogP contribution in [0.25, 0.3) is 0 Å². The van der Waals surface area contributed by atoms with Gasteiger partial charge in [0.2, 0.25) is 5.91 Å². The Morgan fingerprint density at radius 2 is 2.00 bits per heavy atom. The molecule has 206 valence electrons. The van der Waals surface area contributed by atoms with Crippen LogP contribution in [-0.2, 0) is 9.59 Å². The van der Waals surface area contributed by atoms with Crippen molar-refractivity contribution in [3.63, 3.8) is 0 Å². The number of alkyl halides is 2. The highest BCUT2D eigenvalue weighted by molar-refractivity contribution is 8.01. The standard InChI is InChI=1S/C27H22ClF3N6O2S/c28-21-4-2-1-3-20(21)24(25(38)35-18-11-27(30,31)12-18)36(19-10-17(29)14-33-15-19)26(39)22-6-8-40-37(22)23-9-16(13-32)5-7-34-23/h1-5,7,9-10,14-15,18,22,24H,6,8,11-12H2,(H,35,38)/t22?,24-/m0/s1. The van der Waals surface area contributed by atoms with Crippen molar-refractivity contribution in [2.24, 2.45) is 0 Å². The third-order valence-electron chi connectivity index (χ3n) is 6.64. The molecule has 40 heavy (non-hydrogen) atoms. The summed E-state index contributed by atoms with van der Waals surface area (Å²) in [4.78, 5) is 37.5. The van der Waals surface area contributed by atoms with Gasteiger partial charge in [-0.2, -0.15) is 5.26 Å². The van der Waals surface area contributed by atoms with E-state index in [2.05, 4.69) is 15.3 Å². The van der Waals surface area contributed by atoms with Crippen LogP contribution in [0.5, 0.6) is 0 Å². The molecule has 1 unspecified atom stereocenters. The van der Waals surface area contributed by atoms with E-state index in [4.69, 9.17) is 11.6 Å². The molecule has 3 heterocycles. The number of halogens is 4. The monoisotopic (exact) mass is 586 g/mol. The molecule has 8 nitrogen and oxygen atoms in total. The zero-order valence-corrected chi connectivity index (χ0v) is 22.4. The molecule has 2 aliphatic rings. The fourth-order valence-electron chi connectivity index (χ4n) is 4.76. The summed E-state index contributed by atoms with van der Waals surface area (Å²) in [6.45, 7) is 0. The van der Waals surface area contributed by atoms with Crippen LogP contribution < -0.4 is 14.5 Å². The Hall–Kier alpha value is -3.82. The molecule has 2 amide bonds. The van der Waals surface area contributed by atoms with Crippen LogP contribution in [-0.4, -0.2) is 45.5 Å². The zero-order valence-electron chi connectivity index (χ0n) is 20.8. The van der Waals surface area contributed by atoms with Gasteiger partial charge in [0.15, 0.2) is 0 Å². The summed E-state index contributed by atoms with van der Waals surface area (Å²) < 4.78 is 43.2. The molecule has 2 aromatic heterocycles. The van der Waals surface area contributed by atoms with Crippen molar-refractivity contribution in [1.82, 2.24) is 15.3 Å². The first-order chi connectivity index (χ1) is 19.2. The SMILES string of the molecule is N#Cc1ccnc(N2SCCC2C(=O)N(c2cncc(F)c2)[C@H](C(=O)NC2CC(F)(F)C2)c2ccccc2Cl)c1. The quantitative estimate of drug-likeness (QED) is 0.386. The minimum absolute atomic E-state index is 0.0143. The lowest BCUT2D eigenvalue weighted by molar-refractivity contribution is -0.133. The molecule has 1 aliphatic carbocycles. The Balaban J connectivity index is 1.58. The summed E-state index contributed by atoms with van der Waals surface area (Å²) in [7, 11) is 0. The molecule has 0 radical (unpaired) electrons. The van der Waals surface area contributed by atoms with Crippen molar-refractivity contribution in [1.29, 1.82) is 5.26 Å². The zero-order chi connectivity index (χ0) is 28.4. The van der Waals surface area contributed by atoms with Gasteiger partial charge in [0, 0.05) is 47.5 Å². The maximum atomic E-state index is 14.4. The molecule has 3 aromatic rings. The molecular weight excluding hydrogens is 565 g/mol. The predicted molar refractivity (Wildman–Crippen MR) is 144 cm³/mol. The van der Waals surface area contributed by atoms with E-state index < -0.39 is 54.5 Å². The number of benzene rings is 1. The topological polar surface area (TPSA) is 102 Å². The number of aromatic nitrogens is 2. The van der Waals surface area contributed by atoms with Crippen LogP contribution in [0.4, 0.5) is 24.7 Å². The van der Waals surface area contributed by atoms with E-state index in [0.29, 0.717) is 23.6 Å². The van der Waals surface area contributed by atoms with Crippen LogP contribution in [0.1, 0.15) is 36.4 Å². The van der Waals surface area contributed by atoms with Crippen LogP contribution in [0.3, 0.4) is 0 Å². The summed E-state index contributed by atoms with van der Waals surface area (Å²) >= 11 is 7.82. The Morgan fingerprint density at radius 1 is 1.23 bits per heavy atom. The normalized spacial score (nSPS) is 18.9. The lowest BCUT2D eigenvalue weighted by Crippen LogP contribution is -2.55. The van der Waals surface area contributed by atoms with Crippen molar-refractivity contribution in [3.05, 3.63) is 83.0 Å². The second-order valence-electron chi connectivity index (χ2n) is 9.44. The number of nitrogens with zero attached hydrogens (tertiary/aromatic N) is 5. The lowest BCUT2D eigenvalue weighted by Gasteiger charge is -2.39. The number of carbonyl (C=O) groups excluding carboxylic acids is 2. The van der Waals surface area contributed by atoms with Crippen molar-refractivity contribution in [2.45, 2.75) is 43.3 Å². The van der Waals surface area contributed by atoms with Crippen molar-refractivity contribution in [3.8, 4) is 6.07 Å². The van der Waals surface area contributed by atoms with E-state index >= 15 is 0 Å². The molecule has 1 N–H and O–H groups in total. The minimum Gasteiger partial charge on any atom is -0.351 e. The largest absolute Gasteiger partial charge is 0.351 e. The Morgan fingerprint density at radius 3 is 2.70 bits per heavy atom.